The number of fused-ring (bicyclic) bond motifs is 1. The van der Waals surface area contributed by atoms with Crippen LogP contribution in [0.4, 0.5) is 10.1 Å². The van der Waals surface area contributed by atoms with Gasteiger partial charge in [-0.15, -0.1) is 0 Å². The molecule has 5 heteroatoms. The predicted molar refractivity (Wildman–Crippen MR) is 121 cm³/mol. The Hall–Kier alpha value is -3.73. The van der Waals surface area contributed by atoms with E-state index in [9.17, 15) is 14.0 Å². The number of Topliss-reactive ketones (excluding diaryl/α,β-unsaturated/α-hetero) is 1. The highest BCUT2D eigenvalue weighted by molar-refractivity contribution is 6.48. The molecule has 0 saturated carbocycles. The third-order valence-electron chi connectivity index (χ3n) is 5.53. The summed E-state index contributed by atoms with van der Waals surface area (Å²) in [5.74, 6) is -1.86. The molecule has 0 bridgehead atoms. The van der Waals surface area contributed by atoms with E-state index < -0.39 is 17.5 Å². The Labute approximate surface area is 180 Å². The average Bonchev–Trinajstić information content (AvgIpc) is 3.15. The number of ketones is 1. The number of aromatic nitrogens is 1. The number of carbonyl (C=O) groups excluding carboxylic acids is 2. The summed E-state index contributed by atoms with van der Waals surface area (Å²) in [5.41, 5.74) is 4.08. The van der Waals surface area contributed by atoms with Crippen LogP contribution in [0.1, 0.15) is 34.0 Å². The molecule has 4 aromatic rings. The molecule has 1 amide bonds. The van der Waals surface area contributed by atoms with E-state index in [0.717, 1.165) is 28.5 Å². The van der Waals surface area contributed by atoms with Crippen molar-refractivity contribution in [3.8, 4) is 0 Å². The molecule has 1 heterocycles. The Morgan fingerprint density at radius 3 is 2.45 bits per heavy atom. The monoisotopic (exact) mass is 414 g/mol. The zero-order valence-corrected chi connectivity index (χ0v) is 17.5. The van der Waals surface area contributed by atoms with Gasteiger partial charge in [0, 0.05) is 29.4 Å². The van der Waals surface area contributed by atoms with Gasteiger partial charge < -0.3 is 9.88 Å². The van der Waals surface area contributed by atoms with Crippen molar-refractivity contribution < 1.29 is 14.0 Å². The number of nitrogens with zero attached hydrogens (tertiary/aromatic N) is 1. The number of hydrogen-bond donors (Lipinski definition) is 1. The van der Waals surface area contributed by atoms with Crippen molar-refractivity contribution in [3.05, 3.63) is 101 Å². The van der Waals surface area contributed by atoms with E-state index in [1.165, 1.54) is 12.1 Å². The third kappa shape index (κ3) is 3.99. The minimum absolute atomic E-state index is 0.292. The highest BCUT2D eigenvalue weighted by Crippen LogP contribution is 2.27. The van der Waals surface area contributed by atoms with Crippen LogP contribution >= 0.6 is 0 Å². The van der Waals surface area contributed by atoms with E-state index in [0.29, 0.717) is 23.4 Å². The molecule has 0 atom stereocenters. The van der Waals surface area contributed by atoms with Gasteiger partial charge in [0.2, 0.25) is 0 Å². The van der Waals surface area contributed by atoms with E-state index in [4.69, 9.17) is 0 Å². The van der Waals surface area contributed by atoms with E-state index >= 15 is 0 Å². The van der Waals surface area contributed by atoms with Gasteiger partial charge >= 0.3 is 0 Å². The second kappa shape index (κ2) is 8.56. The van der Waals surface area contributed by atoms with Crippen molar-refractivity contribution in [1.82, 2.24) is 4.57 Å². The molecule has 0 radical (unpaired) electrons. The summed E-state index contributed by atoms with van der Waals surface area (Å²) in [7, 11) is 0. The van der Waals surface area contributed by atoms with Crippen molar-refractivity contribution in [2.45, 2.75) is 26.8 Å². The van der Waals surface area contributed by atoms with Crippen LogP contribution in [0.3, 0.4) is 0 Å². The van der Waals surface area contributed by atoms with E-state index in [1.807, 2.05) is 53.1 Å². The molecule has 0 saturated heterocycles. The van der Waals surface area contributed by atoms with Gasteiger partial charge in [-0.3, -0.25) is 9.59 Å². The summed E-state index contributed by atoms with van der Waals surface area (Å²) in [6, 6.07) is 20.2. The zero-order chi connectivity index (χ0) is 22.0. The maximum atomic E-state index is 13.8. The minimum atomic E-state index is -0.783. The maximum Gasteiger partial charge on any atom is 0.296 e. The molecule has 1 aromatic heterocycles. The molecule has 0 aliphatic heterocycles. The number of aryl methyl sites for hydroxylation is 1. The fourth-order valence-electron chi connectivity index (χ4n) is 3.85. The van der Waals surface area contributed by atoms with Gasteiger partial charge in [0.05, 0.1) is 11.1 Å². The first kappa shape index (κ1) is 20.5. The van der Waals surface area contributed by atoms with Gasteiger partial charge in [0.1, 0.15) is 5.82 Å². The summed E-state index contributed by atoms with van der Waals surface area (Å²) in [6.07, 6.45) is 2.55. The van der Waals surface area contributed by atoms with Crippen LogP contribution in [0.25, 0.3) is 10.9 Å². The van der Waals surface area contributed by atoms with Crippen LogP contribution in [-0.2, 0) is 17.8 Å². The number of anilines is 1. The minimum Gasteiger partial charge on any atom is -0.342 e. The molecule has 31 heavy (non-hydrogen) atoms. The Morgan fingerprint density at radius 1 is 0.968 bits per heavy atom. The lowest BCUT2D eigenvalue weighted by Gasteiger charge is -2.09. The Morgan fingerprint density at radius 2 is 1.71 bits per heavy atom. The van der Waals surface area contributed by atoms with Crippen LogP contribution in [0.15, 0.2) is 72.9 Å². The number of carbonyl (C=O) groups is 2. The Balaban J connectivity index is 1.74. The maximum absolute atomic E-state index is 13.8. The van der Waals surface area contributed by atoms with Crippen molar-refractivity contribution in [1.29, 1.82) is 0 Å². The summed E-state index contributed by atoms with van der Waals surface area (Å²) < 4.78 is 15.8. The summed E-state index contributed by atoms with van der Waals surface area (Å²) in [4.78, 5) is 25.9. The summed E-state index contributed by atoms with van der Waals surface area (Å²) in [6.45, 7) is 4.22. The van der Waals surface area contributed by atoms with Gasteiger partial charge in [0.15, 0.2) is 0 Å². The average molecular weight is 414 g/mol. The number of rotatable bonds is 6. The second-order valence-electron chi connectivity index (χ2n) is 7.52. The Kier molecular flexibility index (Phi) is 5.67. The fraction of sp³-hybridized carbons (Fsp3) is 0.154. The normalized spacial score (nSPS) is 10.9. The first-order valence-corrected chi connectivity index (χ1v) is 10.2. The first-order valence-electron chi connectivity index (χ1n) is 10.2. The van der Waals surface area contributed by atoms with Crippen molar-refractivity contribution in [2.24, 2.45) is 0 Å². The van der Waals surface area contributed by atoms with E-state index in [-0.39, 0.29) is 0 Å². The largest absolute Gasteiger partial charge is 0.342 e. The van der Waals surface area contributed by atoms with Crippen LogP contribution < -0.4 is 5.32 Å². The molecule has 0 unspecified atom stereocenters. The van der Waals surface area contributed by atoms with Crippen LogP contribution in [0.5, 0.6) is 0 Å². The van der Waals surface area contributed by atoms with Crippen LogP contribution in [0, 0.1) is 12.7 Å². The lowest BCUT2D eigenvalue weighted by Crippen LogP contribution is -2.23. The number of para-hydroxylation sites is 1. The molecule has 1 N–H and O–H groups in total. The molecule has 0 aliphatic carbocycles. The van der Waals surface area contributed by atoms with Crippen molar-refractivity contribution in [2.75, 3.05) is 5.32 Å². The van der Waals surface area contributed by atoms with E-state index in [2.05, 4.69) is 12.2 Å². The fourth-order valence-corrected chi connectivity index (χ4v) is 3.85. The first-order chi connectivity index (χ1) is 15.0. The molecular weight excluding hydrogens is 391 g/mol. The molecule has 3 aromatic carbocycles. The quantitative estimate of drug-likeness (QED) is 0.334. The highest BCUT2D eigenvalue weighted by Gasteiger charge is 2.23. The van der Waals surface area contributed by atoms with Crippen LogP contribution in [-0.4, -0.2) is 16.3 Å². The van der Waals surface area contributed by atoms with Gasteiger partial charge in [0.25, 0.3) is 11.7 Å². The van der Waals surface area contributed by atoms with Gasteiger partial charge in [-0.2, -0.15) is 0 Å². The number of benzene rings is 3. The topological polar surface area (TPSA) is 51.1 Å². The number of hydrogen-bond acceptors (Lipinski definition) is 2. The zero-order valence-electron chi connectivity index (χ0n) is 17.5. The molecule has 4 nitrogen and oxygen atoms in total. The predicted octanol–water partition coefficient (Wildman–Crippen LogP) is 5.52. The van der Waals surface area contributed by atoms with Crippen molar-refractivity contribution in [3.63, 3.8) is 0 Å². The van der Waals surface area contributed by atoms with Crippen LogP contribution in [0.2, 0.25) is 0 Å². The molecule has 0 aliphatic rings. The smallest absolute Gasteiger partial charge is 0.296 e. The molecule has 4 rings (SSSR count). The summed E-state index contributed by atoms with van der Waals surface area (Å²) >= 11 is 0. The second-order valence-corrected chi connectivity index (χ2v) is 7.52. The molecule has 156 valence electrons. The molecule has 0 spiro atoms. The molecule has 0 fully saturated rings. The van der Waals surface area contributed by atoms with Crippen molar-refractivity contribution >= 4 is 28.3 Å². The van der Waals surface area contributed by atoms with E-state index in [1.54, 1.807) is 19.2 Å². The standard InChI is InChI=1S/C26H23FN2O2/c1-3-19-11-7-12-20-21(16-29(24(19)20)15-18-9-5-4-6-10-18)25(30)26(31)28-23-14-8-13-22(27)17(23)2/h4-14,16H,3,15H2,1-2H3,(H,28,31). The van der Waals surface area contributed by atoms with Gasteiger partial charge in [-0.1, -0.05) is 61.5 Å². The lowest BCUT2D eigenvalue weighted by atomic mass is 10.0. The highest BCUT2D eigenvalue weighted by atomic mass is 19.1. The van der Waals surface area contributed by atoms with Gasteiger partial charge in [-0.25, -0.2) is 4.39 Å². The number of amides is 1. The number of halogens is 1. The Bertz CT molecular complexity index is 1280. The lowest BCUT2D eigenvalue weighted by molar-refractivity contribution is -0.112. The summed E-state index contributed by atoms with van der Waals surface area (Å²) in [5, 5.41) is 3.31. The van der Waals surface area contributed by atoms with Gasteiger partial charge in [-0.05, 0) is 36.6 Å². The third-order valence-corrected chi connectivity index (χ3v) is 5.53. The molecular formula is C26H23FN2O2. The SMILES string of the molecule is CCc1cccc2c(C(=O)C(=O)Nc3cccc(F)c3C)cn(Cc3ccccc3)c12. The number of nitrogens with one attached hydrogen (secondary N) is 1.